The summed E-state index contributed by atoms with van der Waals surface area (Å²) in [6.07, 6.45) is -1.83. The summed E-state index contributed by atoms with van der Waals surface area (Å²) in [7, 11) is 0. The van der Waals surface area contributed by atoms with Crippen LogP contribution in [-0.4, -0.2) is 6.16 Å². The number of hydrogen-bond acceptors (Lipinski definition) is 4. The summed E-state index contributed by atoms with van der Waals surface area (Å²) in [4.78, 5) is 13.7. The molecule has 0 aliphatic rings. The second kappa shape index (κ2) is 4.31. The second-order valence-corrected chi connectivity index (χ2v) is 2.37. The van der Waals surface area contributed by atoms with Gasteiger partial charge < -0.3 is 9.57 Å². The van der Waals surface area contributed by atoms with Crippen molar-refractivity contribution in [1.82, 2.24) is 0 Å². The average molecular weight is 243 g/mol. The van der Waals surface area contributed by atoms with Gasteiger partial charge in [0.1, 0.15) is 0 Å². The summed E-state index contributed by atoms with van der Waals surface area (Å²) < 4.78 is 66.8. The standard InChI is InChI=1S/C7H2F5NO3/c8-1-2(9)4(11)6(5(12)3(1)10)15-7(14)16-13/h13H2. The molecule has 0 aromatic heterocycles. The van der Waals surface area contributed by atoms with Crippen molar-refractivity contribution in [2.45, 2.75) is 0 Å². The minimum atomic E-state index is -2.37. The third-order valence-electron chi connectivity index (χ3n) is 1.45. The van der Waals surface area contributed by atoms with Gasteiger partial charge in [0, 0.05) is 0 Å². The van der Waals surface area contributed by atoms with Gasteiger partial charge in [0.05, 0.1) is 0 Å². The van der Waals surface area contributed by atoms with Crippen LogP contribution in [0.25, 0.3) is 0 Å². The molecule has 0 spiro atoms. The lowest BCUT2D eigenvalue weighted by Gasteiger charge is -2.06. The molecule has 0 aliphatic carbocycles. The van der Waals surface area contributed by atoms with Gasteiger partial charge >= 0.3 is 6.16 Å². The van der Waals surface area contributed by atoms with E-state index in [0.29, 0.717) is 0 Å². The topological polar surface area (TPSA) is 61.5 Å². The maximum absolute atomic E-state index is 12.8. The fourth-order valence-corrected chi connectivity index (χ4v) is 0.782. The van der Waals surface area contributed by atoms with Crippen LogP contribution in [0.2, 0.25) is 0 Å². The van der Waals surface area contributed by atoms with E-state index >= 15 is 0 Å². The fourth-order valence-electron chi connectivity index (χ4n) is 0.782. The van der Waals surface area contributed by atoms with E-state index in [9.17, 15) is 26.7 Å². The minimum Gasteiger partial charge on any atom is -0.387 e. The molecular weight excluding hydrogens is 241 g/mol. The molecule has 4 nitrogen and oxygen atoms in total. The fraction of sp³-hybridized carbons (Fsp3) is 0. The van der Waals surface area contributed by atoms with E-state index in [0.717, 1.165) is 0 Å². The molecule has 88 valence electrons. The summed E-state index contributed by atoms with van der Waals surface area (Å²) in [6.45, 7) is 0. The van der Waals surface area contributed by atoms with E-state index in [-0.39, 0.29) is 0 Å². The third-order valence-corrected chi connectivity index (χ3v) is 1.45. The number of carbonyl (C=O) groups excluding carboxylic acids is 1. The van der Waals surface area contributed by atoms with Gasteiger partial charge in [-0.1, -0.05) is 0 Å². The minimum absolute atomic E-state index is 1.79. The van der Waals surface area contributed by atoms with Crippen LogP contribution in [-0.2, 0) is 4.84 Å². The van der Waals surface area contributed by atoms with E-state index in [1.54, 1.807) is 0 Å². The summed E-state index contributed by atoms with van der Waals surface area (Å²) in [5, 5.41) is 0. The summed E-state index contributed by atoms with van der Waals surface area (Å²) in [5.41, 5.74) is 0. The van der Waals surface area contributed by atoms with Crippen molar-refractivity contribution < 1.29 is 36.3 Å². The van der Waals surface area contributed by atoms with Gasteiger partial charge in [-0.15, -0.1) is 0 Å². The maximum atomic E-state index is 12.8. The van der Waals surface area contributed by atoms with Crippen LogP contribution in [0.5, 0.6) is 5.75 Å². The first-order chi connectivity index (χ1) is 7.40. The van der Waals surface area contributed by atoms with Gasteiger partial charge in [-0.2, -0.15) is 14.7 Å². The number of halogens is 5. The normalized spacial score (nSPS) is 10.1. The first-order valence-corrected chi connectivity index (χ1v) is 3.50. The zero-order chi connectivity index (χ0) is 12.5. The van der Waals surface area contributed by atoms with Gasteiger partial charge in [0.25, 0.3) is 0 Å². The Labute approximate surface area is 84.3 Å². The number of benzene rings is 1. The number of ether oxygens (including phenoxy) is 1. The first-order valence-electron chi connectivity index (χ1n) is 3.50. The van der Waals surface area contributed by atoms with E-state index in [1.807, 2.05) is 0 Å². The molecular formula is C7H2F5NO3. The van der Waals surface area contributed by atoms with Gasteiger partial charge in [-0.05, 0) is 0 Å². The molecule has 0 amide bonds. The predicted molar refractivity (Wildman–Crippen MR) is 37.5 cm³/mol. The van der Waals surface area contributed by atoms with Crippen molar-refractivity contribution >= 4 is 6.16 Å². The van der Waals surface area contributed by atoms with Gasteiger partial charge in [-0.25, -0.2) is 18.0 Å². The molecule has 16 heavy (non-hydrogen) atoms. The second-order valence-electron chi connectivity index (χ2n) is 2.37. The number of nitrogens with two attached hydrogens (primary N) is 1. The zero-order valence-electron chi connectivity index (χ0n) is 7.19. The molecule has 0 radical (unpaired) electrons. The Hall–Kier alpha value is -1.90. The van der Waals surface area contributed by atoms with Crippen molar-refractivity contribution in [3.8, 4) is 5.75 Å². The SMILES string of the molecule is NOC(=O)Oc1c(F)c(F)c(F)c(F)c1F. The molecule has 1 rings (SSSR count). The molecule has 0 unspecified atom stereocenters. The molecule has 1 aromatic rings. The highest BCUT2D eigenvalue weighted by molar-refractivity contribution is 5.63. The Morgan fingerprint density at radius 2 is 1.25 bits per heavy atom. The van der Waals surface area contributed by atoms with Gasteiger partial charge in [0.15, 0.2) is 0 Å². The molecule has 0 saturated heterocycles. The van der Waals surface area contributed by atoms with Crippen LogP contribution in [0.1, 0.15) is 0 Å². The molecule has 9 heteroatoms. The quantitative estimate of drug-likeness (QED) is 0.204. The number of hydrogen-bond donors (Lipinski definition) is 1. The lowest BCUT2D eigenvalue weighted by atomic mass is 10.3. The lowest BCUT2D eigenvalue weighted by molar-refractivity contribution is 0.0954. The number of carbonyl (C=O) groups is 1. The highest BCUT2D eigenvalue weighted by Crippen LogP contribution is 2.29. The predicted octanol–water partition coefficient (Wildman–Crippen LogP) is 1.77. The van der Waals surface area contributed by atoms with Crippen molar-refractivity contribution in [2.75, 3.05) is 0 Å². The van der Waals surface area contributed by atoms with Crippen LogP contribution < -0.4 is 10.6 Å². The molecule has 0 aliphatic heterocycles. The highest BCUT2D eigenvalue weighted by atomic mass is 19.2. The molecule has 0 atom stereocenters. The van der Waals surface area contributed by atoms with Crippen LogP contribution in [0.15, 0.2) is 0 Å². The van der Waals surface area contributed by atoms with E-state index in [2.05, 4.69) is 15.5 Å². The van der Waals surface area contributed by atoms with Crippen molar-refractivity contribution in [3.05, 3.63) is 29.1 Å². The lowest BCUT2D eigenvalue weighted by Crippen LogP contribution is -2.17. The van der Waals surface area contributed by atoms with Crippen LogP contribution in [0, 0.1) is 29.1 Å². The Bertz CT molecular complexity index is 421. The molecule has 0 bridgehead atoms. The van der Waals surface area contributed by atoms with E-state index < -0.39 is 41.0 Å². The zero-order valence-corrected chi connectivity index (χ0v) is 7.19. The first kappa shape index (κ1) is 12.2. The van der Waals surface area contributed by atoms with Crippen molar-refractivity contribution in [2.24, 2.45) is 5.90 Å². The summed E-state index contributed by atoms with van der Waals surface area (Å²) in [6, 6.07) is 0. The Balaban J connectivity index is 3.34. The summed E-state index contributed by atoms with van der Waals surface area (Å²) >= 11 is 0. The number of rotatable bonds is 1. The molecule has 0 fully saturated rings. The van der Waals surface area contributed by atoms with Crippen LogP contribution in [0.3, 0.4) is 0 Å². The Kier molecular flexibility index (Phi) is 3.28. The van der Waals surface area contributed by atoms with E-state index in [4.69, 9.17) is 0 Å². The van der Waals surface area contributed by atoms with Crippen molar-refractivity contribution in [3.63, 3.8) is 0 Å². The Morgan fingerprint density at radius 1 is 0.875 bits per heavy atom. The third kappa shape index (κ3) is 1.89. The largest absolute Gasteiger partial charge is 0.533 e. The highest BCUT2D eigenvalue weighted by Gasteiger charge is 2.28. The molecule has 0 heterocycles. The monoisotopic (exact) mass is 243 g/mol. The molecule has 1 aromatic carbocycles. The van der Waals surface area contributed by atoms with Crippen LogP contribution in [0.4, 0.5) is 26.7 Å². The van der Waals surface area contributed by atoms with Gasteiger partial charge in [-0.3, -0.25) is 0 Å². The maximum Gasteiger partial charge on any atom is 0.533 e. The van der Waals surface area contributed by atoms with E-state index in [1.165, 1.54) is 0 Å². The van der Waals surface area contributed by atoms with Crippen molar-refractivity contribution in [1.29, 1.82) is 0 Å². The molecule has 2 N–H and O–H groups in total. The Morgan fingerprint density at radius 3 is 1.62 bits per heavy atom. The van der Waals surface area contributed by atoms with Crippen LogP contribution >= 0.6 is 0 Å². The average Bonchev–Trinajstić information content (AvgIpc) is 2.29. The molecule has 0 saturated carbocycles. The smallest absolute Gasteiger partial charge is 0.387 e. The summed E-state index contributed by atoms with van der Waals surface area (Å²) in [5.74, 6) is -9.02. The van der Waals surface area contributed by atoms with Gasteiger partial charge in [0.2, 0.25) is 34.8 Å².